The van der Waals surface area contributed by atoms with E-state index in [0.29, 0.717) is 0 Å². The standard InChI is InChI=1S/C12H18IN3/c1-15-6-8-16(9-7-15)14-10-11-2-4-12(13)5-3-11/h2-5,14H,6-10H2,1H3. The van der Waals surface area contributed by atoms with Crippen molar-refractivity contribution in [1.29, 1.82) is 0 Å². The lowest BCUT2D eigenvalue weighted by Gasteiger charge is -2.32. The van der Waals surface area contributed by atoms with Crippen LogP contribution in [0.25, 0.3) is 0 Å². The Hall–Kier alpha value is -0.170. The molecule has 0 aromatic heterocycles. The molecule has 0 amide bonds. The molecule has 1 N–H and O–H groups in total. The van der Waals surface area contributed by atoms with Crippen molar-refractivity contribution in [1.82, 2.24) is 15.3 Å². The summed E-state index contributed by atoms with van der Waals surface area (Å²) in [5.41, 5.74) is 4.83. The fraction of sp³-hybridized carbons (Fsp3) is 0.500. The third-order valence-corrected chi connectivity index (χ3v) is 3.64. The first kappa shape index (κ1) is 12.3. The molecule has 0 bridgehead atoms. The average Bonchev–Trinajstić information content (AvgIpc) is 2.30. The smallest absolute Gasteiger partial charge is 0.0353 e. The van der Waals surface area contributed by atoms with Crippen molar-refractivity contribution in [3.05, 3.63) is 33.4 Å². The predicted molar refractivity (Wildman–Crippen MR) is 75.1 cm³/mol. The Balaban J connectivity index is 1.77. The Kier molecular flexibility index (Phi) is 4.57. The summed E-state index contributed by atoms with van der Waals surface area (Å²) < 4.78 is 1.29. The molecule has 3 nitrogen and oxygen atoms in total. The van der Waals surface area contributed by atoms with E-state index in [1.807, 2.05) is 0 Å². The van der Waals surface area contributed by atoms with E-state index in [4.69, 9.17) is 0 Å². The number of hydrogen-bond acceptors (Lipinski definition) is 3. The first-order valence-electron chi connectivity index (χ1n) is 5.65. The van der Waals surface area contributed by atoms with Gasteiger partial charge in [0.15, 0.2) is 0 Å². The summed E-state index contributed by atoms with van der Waals surface area (Å²) in [5.74, 6) is 0. The molecule has 2 rings (SSSR count). The Morgan fingerprint density at radius 2 is 1.75 bits per heavy atom. The molecule has 0 spiro atoms. The summed E-state index contributed by atoms with van der Waals surface area (Å²) >= 11 is 2.33. The second kappa shape index (κ2) is 5.95. The monoisotopic (exact) mass is 331 g/mol. The summed E-state index contributed by atoms with van der Waals surface area (Å²) in [6.07, 6.45) is 0. The molecule has 0 saturated carbocycles. The maximum Gasteiger partial charge on any atom is 0.0353 e. The SMILES string of the molecule is CN1CCN(NCc2ccc(I)cc2)CC1. The largest absolute Gasteiger partial charge is 0.304 e. The molecule has 1 aliphatic heterocycles. The first-order chi connectivity index (χ1) is 7.74. The summed E-state index contributed by atoms with van der Waals surface area (Å²) in [5, 5.41) is 2.32. The lowest BCUT2D eigenvalue weighted by molar-refractivity contribution is 0.102. The molecule has 0 aliphatic carbocycles. The highest BCUT2D eigenvalue weighted by molar-refractivity contribution is 14.1. The zero-order valence-electron chi connectivity index (χ0n) is 9.62. The molecule has 4 heteroatoms. The fourth-order valence-electron chi connectivity index (χ4n) is 1.77. The van der Waals surface area contributed by atoms with Crippen molar-refractivity contribution >= 4 is 22.6 Å². The van der Waals surface area contributed by atoms with E-state index in [1.54, 1.807) is 0 Å². The zero-order valence-corrected chi connectivity index (χ0v) is 11.8. The summed E-state index contributed by atoms with van der Waals surface area (Å²) in [4.78, 5) is 2.36. The fourth-order valence-corrected chi connectivity index (χ4v) is 2.13. The molecule has 0 atom stereocenters. The van der Waals surface area contributed by atoms with Gasteiger partial charge in [-0.3, -0.25) is 5.43 Å². The topological polar surface area (TPSA) is 18.5 Å². The highest BCUT2D eigenvalue weighted by atomic mass is 127. The number of likely N-dealkylation sites (N-methyl/N-ethyl adjacent to an activating group) is 1. The van der Waals surface area contributed by atoms with Gasteiger partial charge in [0.2, 0.25) is 0 Å². The highest BCUT2D eigenvalue weighted by Gasteiger charge is 2.12. The van der Waals surface area contributed by atoms with Crippen molar-refractivity contribution in [3.8, 4) is 0 Å². The van der Waals surface area contributed by atoms with Crippen LogP contribution in [0.2, 0.25) is 0 Å². The minimum absolute atomic E-state index is 0.931. The van der Waals surface area contributed by atoms with Crippen LogP contribution in [0.1, 0.15) is 5.56 Å². The number of benzene rings is 1. The van der Waals surface area contributed by atoms with Crippen LogP contribution in [-0.4, -0.2) is 43.1 Å². The molecular formula is C12H18IN3. The van der Waals surface area contributed by atoms with Gasteiger partial charge in [0.25, 0.3) is 0 Å². The van der Waals surface area contributed by atoms with Crippen molar-refractivity contribution in [3.63, 3.8) is 0 Å². The van der Waals surface area contributed by atoms with Gasteiger partial charge in [0.05, 0.1) is 0 Å². The Labute approximate surface area is 111 Å². The molecule has 1 saturated heterocycles. The predicted octanol–water partition coefficient (Wildman–Crippen LogP) is 1.54. The van der Waals surface area contributed by atoms with E-state index >= 15 is 0 Å². The number of nitrogens with zero attached hydrogens (tertiary/aromatic N) is 2. The molecule has 0 unspecified atom stereocenters. The van der Waals surface area contributed by atoms with Crippen LogP contribution in [0, 0.1) is 3.57 Å². The number of rotatable bonds is 3. The van der Waals surface area contributed by atoms with E-state index < -0.39 is 0 Å². The number of hydrazine groups is 1. The van der Waals surface area contributed by atoms with Gasteiger partial charge >= 0.3 is 0 Å². The van der Waals surface area contributed by atoms with E-state index in [9.17, 15) is 0 Å². The Morgan fingerprint density at radius 1 is 1.12 bits per heavy atom. The molecule has 0 radical (unpaired) electrons. The molecular weight excluding hydrogens is 313 g/mol. The van der Waals surface area contributed by atoms with Crippen LogP contribution in [0.3, 0.4) is 0 Å². The van der Waals surface area contributed by atoms with Crippen LogP contribution in [0.15, 0.2) is 24.3 Å². The van der Waals surface area contributed by atoms with Crippen molar-refractivity contribution in [2.24, 2.45) is 0 Å². The molecule has 88 valence electrons. The minimum Gasteiger partial charge on any atom is -0.304 e. The van der Waals surface area contributed by atoms with Gasteiger partial charge in [-0.1, -0.05) is 12.1 Å². The molecule has 1 fully saturated rings. The zero-order chi connectivity index (χ0) is 11.4. The molecule has 1 aliphatic rings. The first-order valence-corrected chi connectivity index (χ1v) is 6.73. The number of piperazine rings is 1. The summed E-state index contributed by atoms with van der Waals surface area (Å²) in [6.45, 7) is 5.46. The number of halogens is 1. The van der Waals surface area contributed by atoms with E-state index in [1.165, 1.54) is 9.13 Å². The second-order valence-electron chi connectivity index (χ2n) is 4.25. The van der Waals surface area contributed by atoms with Crippen molar-refractivity contribution in [2.45, 2.75) is 6.54 Å². The lowest BCUT2D eigenvalue weighted by Crippen LogP contribution is -2.50. The van der Waals surface area contributed by atoms with Gasteiger partial charge < -0.3 is 4.90 Å². The normalized spacial score (nSPS) is 18.9. The van der Waals surface area contributed by atoms with Gasteiger partial charge in [-0.15, -0.1) is 0 Å². The van der Waals surface area contributed by atoms with Crippen LogP contribution in [-0.2, 0) is 6.54 Å². The Bertz CT molecular complexity index is 318. The molecule has 1 aromatic carbocycles. The number of hydrogen-bond donors (Lipinski definition) is 1. The summed E-state index contributed by atoms with van der Waals surface area (Å²) in [6, 6.07) is 8.68. The van der Waals surface area contributed by atoms with E-state index in [0.717, 1.165) is 32.7 Å². The molecule has 1 heterocycles. The highest BCUT2D eigenvalue weighted by Crippen LogP contribution is 2.06. The maximum absolute atomic E-state index is 3.48. The van der Waals surface area contributed by atoms with Crippen LogP contribution in [0.4, 0.5) is 0 Å². The maximum atomic E-state index is 3.48. The van der Waals surface area contributed by atoms with Crippen LogP contribution in [0.5, 0.6) is 0 Å². The van der Waals surface area contributed by atoms with Crippen LogP contribution >= 0.6 is 22.6 Å². The average molecular weight is 331 g/mol. The van der Waals surface area contributed by atoms with Crippen LogP contribution < -0.4 is 5.43 Å². The van der Waals surface area contributed by atoms with Gasteiger partial charge in [-0.2, -0.15) is 0 Å². The van der Waals surface area contributed by atoms with Gasteiger partial charge in [-0.05, 0) is 47.3 Å². The third kappa shape index (κ3) is 3.69. The van der Waals surface area contributed by atoms with E-state index in [2.05, 4.69) is 69.2 Å². The summed E-state index contributed by atoms with van der Waals surface area (Å²) in [7, 11) is 2.18. The third-order valence-electron chi connectivity index (χ3n) is 2.92. The van der Waals surface area contributed by atoms with Gasteiger partial charge in [0, 0.05) is 36.3 Å². The van der Waals surface area contributed by atoms with E-state index in [-0.39, 0.29) is 0 Å². The van der Waals surface area contributed by atoms with Gasteiger partial charge in [0.1, 0.15) is 0 Å². The molecule has 16 heavy (non-hydrogen) atoms. The quantitative estimate of drug-likeness (QED) is 0.848. The Morgan fingerprint density at radius 3 is 2.38 bits per heavy atom. The van der Waals surface area contributed by atoms with Gasteiger partial charge in [-0.25, -0.2) is 5.01 Å². The second-order valence-corrected chi connectivity index (χ2v) is 5.50. The lowest BCUT2D eigenvalue weighted by atomic mass is 10.2. The van der Waals surface area contributed by atoms with Crippen molar-refractivity contribution < 1.29 is 0 Å². The minimum atomic E-state index is 0.931. The molecule has 1 aromatic rings. The number of nitrogens with one attached hydrogen (secondary N) is 1. The van der Waals surface area contributed by atoms with Crippen molar-refractivity contribution in [2.75, 3.05) is 33.2 Å².